The zero-order chi connectivity index (χ0) is 15.0. The van der Waals surface area contributed by atoms with Crippen molar-refractivity contribution in [2.45, 2.75) is 57.7 Å². The molecule has 2 rings (SSSR count). The standard InChI is InChI=1S/C14H22F3NO2/c1-13(12(19)20)6-8-18(9-7-13)11-4-2-10(3-5-11)14(15,16)17/h10-11H,2-9H2,1H3,(H,19,20). The predicted octanol–water partition coefficient (Wildman–Crippen LogP) is 3.29. The number of hydrogen-bond acceptors (Lipinski definition) is 2. The molecule has 1 aliphatic heterocycles. The van der Waals surface area contributed by atoms with Gasteiger partial charge in [-0.2, -0.15) is 13.2 Å². The Morgan fingerprint density at radius 1 is 1.15 bits per heavy atom. The number of rotatable bonds is 2. The molecule has 0 atom stereocenters. The van der Waals surface area contributed by atoms with Crippen LogP contribution >= 0.6 is 0 Å². The van der Waals surface area contributed by atoms with Crippen LogP contribution in [0.4, 0.5) is 13.2 Å². The summed E-state index contributed by atoms with van der Waals surface area (Å²) in [5.41, 5.74) is -0.667. The predicted molar refractivity (Wildman–Crippen MR) is 68.4 cm³/mol. The van der Waals surface area contributed by atoms with Crippen molar-refractivity contribution in [1.29, 1.82) is 0 Å². The fourth-order valence-electron chi connectivity index (χ4n) is 3.36. The maximum Gasteiger partial charge on any atom is 0.391 e. The summed E-state index contributed by atoms with van der Waals surface area (Å²) in [6.45, 7) is 3.13. The number of halogens is 3. The Labute approximate surface area is 117 Å². The second-order valence-electron chi connectivity index (χ2n) is 6.45. The lowest BCUT2D eigenvalue weighted by atomic mass is 9.78. The molecule has 116 valence electrons. The molecule has 0 spiro atoms. The fourth-order valence-corrected chi connectivity index (χ4v) is 3.36. The smallest absolute Gasteiger partial charge is 0.391 e. The first-order chi connectivity index (χ1) is 9.22. The Morgan fingerprint density at radius 3 is 2.05 bits per heavy atom. The van der Waals surface area contributed by atoms with Crippen LogP contribution in [-0.2, 0) is 4.79 Å². The van der Waals surface area contributed by atoms with E-state index in [-0.39, 0.29) is 18.9 Å². The molecule has 0 aromatic rings. The number of likely N-dealkylation sites (tertiary alicyclic amines) is 1. The Morgan fingerprint density at radius 2 is 1.65 bits per heavy atom. The first kappa shape index (κ1) is 15.6. The minimum Gasteiger partial charge on any atom is -0.481 e. The van der Waals surface area contributed by atoms with Gasteiger partial charge in [-0.15, -0.1) is 0 Å². The number of aliphatic carboxylic acids is 1. The zero-order valence-corrected chi connectivity index (χ0v) is 11.7. The van der Waals surface area contributed by atoms with Crippen molar-refractivity contribution >= 4 is 5.97 Å². The second-order valence-corrected chi connectivity index (χ2v) is 6.45. The molecular formula is C14H22F3NO2. The van der Waals surface area contributed by atoms with Gasteiger partial charge in [-0.05, 0) is 58.5 Å². The first-order valence-electron chi connectivity index (χ1n) is 7.26. The van der Waals surface area contributed by atoms with Gasteiger partial charge < -0.3 is 10.0 Å². The highest BCUT2D eigenvalue weighted by atomic mass is 19.4. The summed E-state index contributed by atoms with van der Waals surface area (Å²) in [5, 5.41) is 9.17. The Hall–Kier alpha value is -0.780. The molecular weight excluding hydrogens is 271 g/mol. The van der Waals surface area contributed by atoms with E-state index in [0.29, 0.717) is 38.8 Å². The molecule has 2 aliphatic rings. The maximum absolute atomic E-state index is 12.6. The topological polar surface area (TPSA) is 40.5 Å². The van der Waals surface area contributed by atoms with Crippen LogP contribution in [0.15, 0.2) is 0 Å². The van der Waals surface area contributed by atoms with Gasteiger partial charge in [0.25, 0.3) is 0 Å². The fraction of sp³-hybridized carbons (Fsp3) is 0.929. The monoisotopic (exact) mass is 293 g/mol. The van der Waals surface area contributed by atoms with Crippen molar-refractivity contribution in [2.75, 3.05) is 13.1 Å². The van der Waals surface area contributed by atoms with E-state index < -0.39 is 23.5 Å². The molecule has 1 N–H and O–H groups in total. The Kier molecular flexibility index (Phi) is 4.33. The normalized spacial score (nSPS) is 32.0. The van der Waals surface area contributed by atoms with Crippen LogP contribution in [0.5, 0.6) is 0 Å². The van der Waals surface area contributed by atoms with Crippen LogP contribution in [-0.4, -0.2) is 41.3 Å². The zero-order valence-electron chi connectivity index (χ0n) is 11.7. The molecule has 1 aliphatic carbocycles. The average molecular weight is 293 g/mol. The molecule has 0 aromatic carbocycles. The van der Waals surface area contributed by atoms with E-state index in [2.05, 4.69) is 4.90 Å². The summed E-state index contributed by atoms with van der Waals surface area (Å²) in [7, 11) is 0. The van der Waals surface area contributed by atoms with Crippen LogP contribution in [0, 0.1) is 11.3 Å². The molecule has 1 saturated heterocycles. The van der Waals surface area contributed by atoms with Gasteiger partial charge in [0, 0.05) is 6.04 Å². The van der Waals surface area contributed by atoms with Crippen LogP contribution in [0.1, 0.15) is 45.4 Å². The first-order valence-corrected chi connectivity index (χ1v) is 7.26. The number of carboxylic acids is 1. The van der Waals surface area contributed by atoms with Crippen molar-refractivity contribution < 1.29 is 23.1 Å². The minimum atomic E-state index is -4.06. The van der Waals surface area contributed by atoms with Crippen molar-refractivity contribution in [3.8, 4) is 0 Å². The molecule has 6 heteroatoms. The highest BCUT2D eigenvalue weighted by Crippen LogP contribution is 2.40. The van der Waals surface area contributed by atoms with E-state index in [1.165, 1.54) is 0 Å². The van der Waals surface area contributed by atoms with E-state index in [0.717, 1.165) is 0 Å². The van der Waals surface area contributed by atoms with Crippen molar-refractivity contribution in [3.05, 3.63) is 0 Å². The van der Waals surface area contributed by atoms with E-state index >= 15 is 0 Å². The molecule has 2 fully saturated rings. The van der Waals surface area contributed by atoms with Gasteiger partial charge in [0.1, 0.15) is 0 Å². The summed E-state index contributed by atoms with van der Waals surface area (Å²) in [6, 6.07) is 0.201. The van der Waals surface area contributed by atoms with Gasteiger partial charge in [-0.25, -0.2) is 0 Å². The summed E-state index contributed by atoms with van der Waals surface area (Å²) in [6.07, 6.45) is -1.32. The lowest BCUT2D eigenvalue weighted by molar-refractivity contribution is -0.185. The van der Waals surface area contributed by atoms with Gasteiger partial charge in [0.15, 0.2) is 0 Å². The largest absolute Gasteiger partial charge is 0.481 e. The number of piperidine rings is 1. The Bertz CT molecular complexity index is 354. The van der Waals surface area contributed by atoms with Gasteiger partial charge in [-0.1, -0.05) is 0 Å². The maximum atomic E-state index is 12.6. The molecule has 20 heavy (non-hydrogen) atoms. The van der Waals surface area contributed by atoms with E-state index in [1.54, 1.807) is 6.92 Å². The second kappa shape index (κ2) is 5.54. The molecule has 0 aromatic heterocycles. The third-order valence-electron chi connectivity index (χ3n) is 5.09. The van der Waals surface area contributed by atoms with Gasteiger partial charge in [0.05, 0.1) is 11.3 Å². The summed E-state index contributed by atoms with van der Waals surface area (Å²) >= 11 is 0. The Balaban J connectivity index is 1.83. The van der Waals surface area contributed by atoms with Crippen molar-refractivity contribution in [3.63, 3.8) is 0 Å². The summed E-state index contributed by atoms with van der Waals surface area (Å²) in [4.78, 5) is 13.4. The number of nitrogens with zero attached hydrogens (tertiary/aromatic N) is 1. The van der Waals surface area contributed by atoms with Gasteiger partial charge >= 0.3 is 12.1 Å². The molecule has 1 heterocycles. The minimum absolute atomic E-state index is 0.201. The van der Waals surface area contributed by atoms with Gasteiger partial charge in [-0.3, -0.25) is 4.79 Å². The lowest BCUT2D eigenvalue weighted by Crippen LogP contribution is -2.48. The SMILES string of the molecule is CC1(C(=O)O)CCN(C2CCC(C(F)(F)F)CC2)CC1. The number of carbonyl (C=O) groups is 1. The molecule has 1 saturated carbocycles. The molecule has 0 bridgehead atoms. The van der Waals surface area contributed by atoms with E-state index in [9.17, 15) is 23.1 Å². The number of carboxylic acid groups (broad SMARTS) is 1. The third-order valence-corrected chi connectivity index (χ3v) is 5.09. The average Bonchev–Trinajstić information content (AvgIpc) is 2.38. The summed E-state index contributed by atoms with van der Waals surface area (Å²) in [5.74, 6) is -1.91. The molecule has 0 amide bonds. The van der Waals surface area contributed by atoms with Crippen LogP contribution in [0.3, 0.4) is 0 Å². The quantitative estimate of drug-likeness (QED) is 0.849. The highest BCUT2D eigenvalue weighted by molar-refractivity contribution is 5.74. The van der Waals surface area contributed by atoms with Crippen LogP contribution < -0.4 is 0 Å². The summed E-state index contributed by atoms with van der Waals surface area (Å²) < 4.78 is 37.9. The molecule has 0 unspecified atom stereocenters. The molecule has 0 radical (unpaired) electrons. The van der Waals surface area contributed by atoms with E-state index in [4.69, 9.17) is 0 Å². The van der Waals surface area contributed by atoms with E-state index in [1.807, 2.05) is 0 Å². The van der Waals surface area contributed by atoms with Crippen molar-refractivity contribution in [2.24, 2.45) is 11.3 Å². The van der Waals surface area contributed by atoms with Crippen LogP contribution in [0.2, 0.25) is 0 Å². The highest BCUT2D eigenvalue weighted by Gasteiger charge is 2.44. The van der Waals surface area contributed by atoms with Crippen molar-refractivity contribution in [1.82, 2.24) is 4.90 Å². The van der Waals surface area contributed by atoms with Gasteiger partial charge in [0.2, 0.25) is 0 Å². The number of alkyl halides is 3. The lowest BCUT2D eigenvalue weighted by Gasteiger charge is -2.43. The third kappa shape index (κ3) is 3.27. The number of hydrogen-bond donors (Lipinski definition) is 1. The molecule has 3 nitrogen and oxygen atoms in total. The van der Waals surface area contributed by atoms with Crippen LogP contribution in [0.25, 0.3) is 0 Å².